The van der Waals surface area contributed by atoms with Gasteiger partial charge in [0.1, 0.15) is 12.6 Å². The first-order chi connectivity index (χ1) is 19.7. The molecule has 0 fully saturated rings. The molecule has 0 unspecified atom stereocenters. The second-order valence-electron chi connectivity index (χ2n) is 9.27. The molecule has 0 saturated carbocycles. The quantitative estimate of drug-likeness (QED) is 0.225. The third-order valence-electron chi connectivity index (χ3n) is 6.51. The van der Waals surface area contributed by atoms with Crippen LogP contribution < -0.4 is 9.62 Å². The van der Waals surface area contributed by atoms with Gasteiger partial charge in [-0.2, -0.15) is 0 Å². The lowest BCUT2D eigenvalue weighted by Gasteiger charge is -2.33. The third kappa shape index (κ3) is 7.75. The average Bonchev–Trinajstić information content (AvgIpc) is 2.99. The normalized spacial score (nSPS) is 11.9. The molecule has 7 nitrogen and oxygen atoms in total. The van der Waals surface area contributed by atoms with Crippen LogP contribution in [-0.4, -0.2) is 44.8 Å². The van der Waals surface area contributed by atoms with Gasteiger partial charge in [-0.3, -0.25) is 13.9 Å². The fourth-order valence-corrected chi connectivity index (χ4v) is 6.19. The van der Waals surface area contributed by atoms with Gasteiger partial charge in [-0.05, 0) is 59.7 Å². The van der Waals surface area contributed by atoms with Crippen LogP contribution in [0.2, 0.25) is 5.02 Å². The van der Waals surface area contributed by atoms with Gasteiger partial charge in [-0.15, -0.1) is 0 Å². The molecule has 4 rings (SSSR count). The second kappa shape index (κ2) is 13.8. The van der Waals surface area contributed by atoms with Crippen molar-refractivity contribution in [1.82, 2.24) is 10.2 Å². The standard InChI is InChI=1S/C31H29BrClN3O4S/c1-34-31(38)29(20-23-8-4-2-5-9-23)35(21-24-12-16-26(33)17-13-24)30(37)22-36(27-18-14-25(32)15-19-27)41(39,40)28-10-6-3-7-11-28/h2-19,29H,20-22H2,1H3,(H,34,38)/t29-/m1/s1. The summed E-state index contributed by atoms with van der Waals surface area (Å²) in [4.78, 5) is 28.9. The Morgan fingerprint density at radius 3 is 2.00 bits per heavy atom. The fourth-order valence-electron chi connectivity index (χ4n) is 4.36. The van der Waals surface area contributed by atoms with E-state index in [2.05, 4.69) is 21.2 Å². The molecule has 1 atom stereocenters. The number of nitrogens with one attached hydrogen (secondary N) is 1. The maximum Gasteiger partial charge on any atom is 0.264 e. The monoisotopic (exact) mass is 653 g/mol. The van der Waals surface area contributed by atoms with Gasteiger partial charge in [0.15, 0.2) is 0 Å². The van der Waals surface area contributed by atoms with Crippen LogP contribution in [0.1, 0.15) is 11.1 Å². The van der Waals surface area contributed by atoms with E-state index in [9.17, 15) is 18.0 Å². The molecule has 0 aliphatic carbocycles. The van der Waals surface area contributed by atoms with Crippen molar-refractivity contribution >= 4 is 55.1 Å². The molecule has 0 aliphatic rings. The van der Waals surface area contributed by atoms with Crippen LogP contribution in [-0.2, 0) is 32.6 Å². The number of anilines is 1. The highest BCUT2D eigenvalue weighted by Gasteiger charge is 2.34. The van der Waals surface area contributed by atoms with Crippen LogP contribution in [0, 0.1) is 0 Å². The lowest BCUT2D eigenvalue weighted by Crippen LogP contribution is -2.53. The van der Waals surface area contributed by atoms with E-state index in [-0.39, 0.29) is 23.8 Å². The van der Waals surface area contributed by atoms with Crippen molar-refractivity contribution < 1.29 is 18.0 Å². The number of sulfonamides is 1. The van der Waals surface area contributed by atoms with Gasteiger partial charge in [0, 0.05) is 29.5 Å². The molecule has 2 amide bonds. The number of nitrogens with zero attached hydrogens (tertiary/aromatic N) is 2. The summed E-state index contributed by atoms with van der Waals surface area (Å²) in [5, 5.41) is 3.21. The minimum Gasteiger partial charge on any atom is -0.357 e. The Bertz CT molecular complexity index is 1570. The van der Waals surface area contributed by atoms with Crippen molar-refractivity contribution in [3.05, 3.63) is 130 Å². The molecular weight excluding hydrogens is 626 g/mol. The van der Waals surface area contributed by atoms with E-state index in [1.807, 2.05) is 30.3 Å². The van der Waals surface area contributed by atoms with Gasteiger partial charge in [-0.25, -0.2) is 8.42 Å². The molecular formula is C31H29BrClN3O4S. The van der Waals surface area contributed by atoms with Gasteiger partial charge in [0.05, 0.1) is 10.6 Å². The Kier molecular flexibility index (Phi) is 10.2. The highest BCUT2D eigenvalue weighted by atomic mass is 79.9. The summed E-state index contributed by atoms with van der Waals surface area (Å²) in [7, 11) is -2.62. The Morgan fingerprint density at radius 1 is 0.829 bits per heavy atom. The SMILES string of the molecule is CNC(=O)[C@@H](Cc1ccccc1)N(Cc1ccc(Cl)cc1)C(=O)CN(c1ccc(Br)cc1)S(=O)(=O)c1ccccc1. The summed E-state index contributed by atoms with van der Waals surface area (Å²) in [5.74, 6) is -0.899. The number of benzene rings is 4. The minimum atomic E-state index is -4.13. The molecule has 0 spiro atoms. The van der Waals surface area contributed by atoms with Crippen molar-refractivity contribution in [1.29, 1.82) is 0 Å². The molecule has 0 bridgehead atoms. The number of likely N-dealkylation sites (N-methyl/N-ethyl adjacent to an activating group) is 1. The molecule has 4 aromatic carbocycles. The number of carbonyl (C=O) groups is 2. The summed E-state index contributed by atoms with van der Waals surface area (Å²) >= 11 is 9.47. The molecule has 0 aliphatic heterocycles. The van der Waals surface area contributed by atoms with Crippen molar-refractivity contribution in [3.63, 3.8) is 0 Å². The summed E-state index contributed by atoms with van der Waals surface area (Å²) in [5.41, 5.74) is 1.92. The molecule has 212 valence electrons. The van der Waals surface area contributed by atoms with Gasteiger partial charge >= 0.3 is 0 Å². The maximum atomic E-state index is 14.2. The molecule has 10 heteroatoms. The van der Waals surface area contributed by atoms with Gasteiger partial charge in [0.2, 0.25) is 11.8 Å². The summed E-state index contributed by atoms with van der Waals surface area (Å²) in [6.07, 6.45) is 0.240. The molecule has 0 saturated heterocycles. The van der Waals surface area contributed by atoms with Crippen LogP contribution in [0.5, 0.6) is 0 Å². The lowest BCUT2D eigenvalue weighted by molar-refractivity contribution is -0.139. The number of rotatable bonds is 11. The van der Waals surface area contributed by atoms with Gasteiger partial charge in [-0.1, -0.05) is 88.2 Å². The summed E-state index contributed by atoms with van der Waals surface area (Å²) in [6.45, 7) is -0.449. The predicted octanol–water partition coefficient (Wildman–Crippen LogP) is 5.68. The van der Waals surface area contributed by atoms with E-state index in [0.717, 1.165) is 19.9 Å². The zero-order valence-corrected chi connectivity index (χ0v) is 25.4. The Labute approximate surface area is 253 Å². The summed E-state index contributed by atoms with van der Waals surface area (Å²) < 4.78 is 29.6. The first kappa shape index (κ1) is 30.3. The number of amides is 2. The molecule has 41 heavy (non-hydrogen) atoms. The predicted molar refractivity (Wildman–Crippen MR) is 165 cm³/mol. The van der Waals surface area contributed by atoms with E-state index < -0.39 is 28.5 Å². The Morgan fingerprint density at radius 2 is 1.41 bits per heavy atom. The van der Waals surface area contributed by atoms with Crippen molar-refractivity contribution in [2.45, 2.75) is 23.9 Å². The van der Waals surface area contributed by atoms with Crippen LogP contribution in [0.15, 0.2) is 119 Å². The van der Waals surface area contributed by atoms with Crippen molar-refractivity contribution in [3.8, 4) is 0 Å². The van der Waals surface area contributed by atoms with Gasteiger partial charge in [0.25, 0.3) is 10.0 Å². The van der Waals surface area contributed by atoms with E-state index in [1.54, 1.807) is 66.7 Å². The van der Waals surface area contributed by atoms with Crippen LogP contribution in [0.25, 0.3) is 0 Å². The first-order valence-corrected chi connectivity index (χ1v) is 15.4. The molecule has 0 radical (unpaired) electrons. The first-order valence-electron chi connectivity index (χ1n) is 12.8. The smallest absolute Gasteiger partial charge is 0.264 e. The van der Waals surface area contributed by atoms with Gasteiger partial charge < -0.3 is 10.2 Å². The van der Waals surface area contributed by atoms with E-state index in [4.69, 9.17) is 11.6 Å². The fraction of sp³-hybridized carbons (Fsp3) is 0.161. The Balaban J connectivity index is 1.77. The number of halogens is 2. The van der Waals surface area contributed by atoms with Crippen molar-refractivity contribution in [2.24, 2.45) is 0 Å². The van der Waals surface area contributed by atoms with E-state index >= 15 is 0 Å². The highest BCUT2D eigenvalue weighted by Crippen LogP contribution is 2.26. The highest BCUT2D eigenvalue weighted by molar-refractivity contribution is 9.10. The molecule has 0 aromatic heterocycles. The van der Waals surface area contributed by atoms with E-state index in [1.165, 1.54) is 24.1 Å². The van der Waals surface area contributed by atoms with Crippen LogP contribution in [0.4, 0.5) is 5.69 Å². The molecule has 1 N–H and O–H groups in total. The number of carbonyl (C=O) groups excluding carboxylic acids is 2. The average molecular weight is 655 g/mol. The molecule has 0 heterocycles. The summed E-state index contributed by atoms with van der Waals surface area (Å²) in [6, 6.07) is 30.1. The van der Waals surface area contributed by atoms with E-state index in [0.29, 0.717) is 10.7 Å². The second-order valence-corrected chi connectivity index (χ2v) is 12.5. The van der Waals surface area contributed by atoms with Crippen molar-refractivity contribution in [2.75, 3.05) is 17.9 Å². The Hall–Kier alpha value is -3.66. The minimum absolute atomic E-state index is 0.0482. The largest absolute Gasteiger partial charge is 0.357 e. The van der Waals surface area contributed by atoms with Crippen LogP contribution >= 0.6 is 27.5 Å². The zero-order valence-electron chi connectivity index (χ0n) is 22.3. The topological polar surface area (TPSA) is 86.8 Å². The maximum absolute atomic E-state index is 14.2. The zero-order chi connectivity index (χ0) is 29.4. The third-order valence-corrected chi connectivity index (χ3v) is 9.08. The number of hydrogen-bond acceptors (Lipinski definition) is 4. The lowest BCUT2D eigenvalue weighted by atomic mass is 10.0. The molecule has 4 aromatic rings. The number of hydrogen-bond donors (Lipinski definition) is 1. The van der Waals surface area contributed by atoms with Crippen LogP contribution in [0.3, 0.4) is 0 Å².